The summed E-state index contributed by atoms with van der Waals surface area (Å²) in [4.78, 5) is 71.2. The van der Waals surface area contributed by atoms with Crippen LogP contribution in [-0.2, 0) is 47.0 Å². The molecule has 3 N–H and O–H groups in total. The van der Waals surface area contributed by atoms with Gasteiger partial charge in [0.1, 0.15) is 24.2 Å². The number of allylic oxidation sites excluding steroid dienone is 2. The molecule has 6 rings (SSSR count). The van der Waals surface area contributed by atoms with Crippen molar-refractivity contribution in [3.8, 4) is 0 Å². The van der Waals surface area contributed by atoms with Crippen molar-refractivity contribution in [3.63, 3.8) is 0 Å². The van der Waals surface area contributed by atoms with E-state index in [1.54, 1.807) is 11.0 Å². The third-order valence-electron chi connectivity index (χ3n) is 10.3. The van der Waals surface area contributed by atoms with E-state index in [0.29, 0.717) is 51.6 Å². The van der Waals surface area contributed by atoms with E-state index in [0.717, 1.165) is 48.8 Å². The number of amides is 5. The zero-order valence-electron chi connectivity index (χ0n) is 29.0. The van der Waals surface area contributed by atoms with Crippen LogP contribution in [-0.4, -0.2) is 84.0 Å². The summed E-state index contributed by atoms with van der Waals surface area (Å²) in [5, 5.41) is 5.01. The van der Waals surface area contributed by atoms with E-state index in [2.05, 4.69) is 27.5 Å². The Morgan fingerprint density at radius 2 is 1.67 bits per heavy atom. The van der Waals surface area contributed by atoms with Crippen LogP contribution in [0.25, 0.3) is 6.08 Å². The normalized spacial score (nSPS) is 28.5. The van der Waals surface area contributed by atoms with Gasteiger partial charge in [-0.2, -0.15) is 0 Å². The van der Waals surface area contributed by atoms with Gasteiger partial charge in [0, 0.05) is 19.4 Å². The summed E-state index contributed by atoms with van der Waals surface area (Å²) in [6, 6.07) is 2.76. The van der Waals surface area contributed by atoms with E-state index in [-0.39, 0.29) is 31.7 Å². The van der Waals surface area contributed by atoms with Crippen LogP contribution in [0.4, 0.5) is 4.79 Å². The lowest BCUT2D eigenvalue weighted by atomic mass is 10.0. The lowest BCUT2D eigenvalue weighted by Crippen LogP contribution is -2.56. The number of benzene rings is 1. The predicted octanol–water partition coefficient (Wildman–Crippen LogP) is 3.57. The van der Waals surface area contributed by atoms with Crippen molar-refractivity contribution >= 4 is 45.8 Å². The second-order valence-electron chi connectivity index (χ2n) is 14.3. The van der Waals surface area contributed by atoms with Gasteiger partial charge in [-0.25, -0.2) is 13.2 Å². The Balaban J connectivity index is 1.26. The average Bonchev–Trinajstić information content (AvgIpc) is 3.74. The molecule has 1 saturated heterocycles. The Kier molecular flexibility index (Phi) is 11.8. The fourth-order valence-corrected chi connectivity index (χ4v) is 8.64. The molecule has 4 atom stereocenters. The van der Waals surface area contributed by atoms with Crippen LogP contribution in [0.15, 0.2) is 36.4 Å². The minimum absolute atomic E-state index is 0.0245. The quantitative estimate of drug-likeness (QED) is 0.398. The summed E-state index contributed by atoms with van der Waals surface area (Å²) >= 11 is 0. The van der Waals surface area contributed by atoms with Crippen LogP contribution in [0.3, 0.4) is 0 Å². The molecule has 276 valence electrons. The molecule has 5 bridgehead atoms. The van der Waals surface area contributed by atoms with E-state index in [9.17, 15) is 32.4 Å². The first-order chi connectivity index (χ1) is 24.6. The molecule has 4 heterocycles. The SMILES string of the molecule is O=C1CCCCC/C=C/c2cccc3c2CN(C3)C(=O)O[C@H]2C[C@H]3C(=O)NC(C(=O)NS(=O)(=O)C4CC4)C/C=C\CCCCC[C@H](N1)C(=O)N3C2. The molecule has 1 saturated carbocycles. The summed E-state index contributed by atoms with van der Waals surface area (Å²) in [7, 11) is -3.87. The highest BCUT2D eigenvalue weighted by Crippen LogP contribution is 2.30. The Morgan fingerprint density at radius 3 is 2.47 bits per heavy atom. The number of hydrogen-bond donors (Lipinski definition) is 3. The molecule has 1 aromatic carbocycles. The fourth-order valence-electron chi connectivity index (χ4n) is 7.29. The summed E-state index contributed by atoms with van der Waals surface area (Å²) < 4.78 is 33.3. The zero-order valence-corrected chi connectivity index (χ0v) is 29.8. The van der Waals surface area contributed by atoms with E-state index < -0.39 is 63.3 Å². The molecule has 2 fully saturated rings. The molecule has 0 spiro atoms. The Labute approximate surface area is 299 Å². The predicted molar refractivity (Wildman–Crippen MR) is 189 cm³/mol. The first-order valence-electron chi connectivity index (χ1n) is 18.4. The summed E-state index contributed by atoms with van der Waals surface area (Å²) in [5.74, 6) is -2.20. The molecule has 1 aromatic rings. The van der Waals surface area contributed by atoms with Gasteiger partial charge < -0.3 is 20.3 Å². The van der Waals surface area contributed by atoms with Gasteiger partial charge >= 0.3 is 6.09 Å². The molecule has 5 aliphatic rings. The number of carbonyl (C=O) groups is 5. The van der Waals surface area contributed by atoms with Crippen molar-refractivity contribution in [3.05, 3.63) is 53.1 Å². The number of rotatable bonds is 3. The maximum atomic E-state index is 14.3. The lowest BCUT2D eigenvalue weighted by molar-refractivity contribution is -0.142. The minimum atomic E-state index is -3.87. The number of nitrogens with one attached hydrogen (secondary N) is 3. The van der Waals surface area contributed by atoms with Crippen LogP contribution in [0.5, 0.6) is 0 Å². The number of nitrogens with zero attached hydrogens (tertiary/aromatic N) is 2. The monoisotopic (exact) mass is 723 g/mol. The molecule has 51 heavy (non-hydrogen) atoms. The maximum Gasteiger partial charge on any atom is 0.410 e. The fraction of sp³-hybridized carbons (Fsp3) is 0.595. The molecule has 14 heteroatoms. The maximum absolute atomic E-state index is 14.3. The van der Waals surface area contributed by atoms with Gasteiger partial charge in [-0.1, -0.05) is 61.8 Å². The largest absolute Gasteiger partial charge is 0.444 e. The lowest BCUT2D eigenvalue weighted by Gasteiger charge is -2.29. The molecule has 0 aromatic heterocycles. The molecule has 0 radical (unpaired) electrons. The standard InChI is InChI=1S/C37H49N5O8S/c43-33-18-11-7-3-4-8-13-25-14-12-15-26-22-41(24-29(25)26)37(47)50-27-21-32-35(45)39-30(34(44)40-51(48,49)28-19-20-28)16-9-5-1-2-6-10-17-31(38-33)36(46)42(32)23-27/h5,8-9,12-15,27-28,30-32H,1-4,6-7,10-11,16-24H2,(H,38,43)(H,39,45)(H,40,44)/b9-5-,13-8+/t27-,30?,31-,32-/m0/s1. The zero-order chi connectivity index (χ0) is 36.0. The van der Waals surface area contributed by atoms with Crippen LogP contribution in [0, 0.1) is 0 Å². The van der Waals surface area contributed by atoms with Gasteiger partial charge in [0.25, 0.3) is 5.91 Å². The number of ether oxygens (including phenoxy) is 1. The van der Waals surface area contributed by atoms with E-state index in [4.69, 9.17) is 4.74 Å². The first kappa shape index (κ1) is 36.6. The van der Waals surface area contributed by atoms with E-state index >= 15 is 0 Å². The Morgan fingerprint density at radius 1 is 0.882 bits per heavy atom. The molecular formula is C37H49N5O8S. The third-order valence-corrected chi connectivity index (χ3v) is 12.2. The van der Waals surface area contributed by atoms with Gasteiger partial charge in [-0.05, 0) is 74.5 Å². The smallest absolute Gasteiger partial charge is 0.410 e. The van der Waals surface area contributed by atoms with E-state index in [1.807, 2.05) is 24.3 Å². The summed E-state index contributed by atoms with van der Waals surface area (Å²) in [6.07, 6.45) is 14.4. The van der Waals surface area contributed by atoms with Crippen molar-refractivity contribution in [2.75, 3.05) is 6.54 Å². The molecule has 1 unspecified atom stereocenters. The molecular weight excluding hydrogens is 675 g/mol. The Hall–Kier alpha value is -4.20. The topological polar surface area (TPSA) is 171 Å². The third kappa shape index (κ3) is 9.38. The minimum Gasteiger partial charge on any atom is -0.444 e. The van der Waals surface area contributed by atoms with Crippen molar-refractivity contribution in [1.29, 1.82) is 0 Å². The number of carbonyl (C=O) groups excluding carboxylic acids is 5. The highest BCUT2D eigenvalue weighted by Gasteiger charge is 2.45. The average molecular weight is 724 g/mol. The van der Waals surface area contributed by atoms with Crippen molar-refractivity contribution < 1.29 is 37.1 Å². The highest BCUT2D eigenvalue weighted by molar-refractivity contribution is 7.90. The van der Waals surface area contributed by atoms with Crippen molar-refractivity contribution in [1.82, 2.24) is 25.2 Å². The number of hydrogen-bond acceptors (Lipinski definition) is 8. The van der Waals surface area contributed by atoms with Crippen molar-refractivity contribution in [2.45, 2.75) is 132 Å². The summed E-state index contributed by atoms with van der Waals surface area (Å²) in [6.45, 7) is 0.671. The molecule has 1 aliphatic carbocycles. The molecule has 5 amide bonds. The molecule has 13 nitrogen and oxygen atoms in total. The number of sulfonamides is 1. The van der Waals surface area contributed by atoms with Crippen LogP contribution < -0.4 is 15.4 Å². The van der Waals surface area contributed by atoms with Gasteiger partial charge in [0.15, 0.2) is 0 Å². The van der Waals surface area contributed by atoms with Gasteiger partial charge in [0.2, 0.25) is 27.7 Å². The summed E-state index contributed by atoms with van der Waals surface area (Å²) in [5.41, 5.74) is 3.12. The van der Waals surface area contributed by atoms with Gasteiger partial charge in [-0.3, -0.25) is 28.8 Å². The van der Waals surface area contributed by atoms with Crippen molar-refractivity contribution in [2.24, 2.45) is 0 Å². The van der Waals surface area contributed by atoms with Crippen LogP contribution in [0.1, 0.15) is 107 Å². The van der Waals surface area contributed by atoms with Crippen LogP contribution in [0.2, 0.25) is 0 Å². The van der Waals surface area contributed by atoms with Crippen LogP contribution >= 0.6 is 0 Å². The second-order valence-corrected chi connectivity index (χ2v) is 16.3. The second kappa shape index (κ2) is 16.4. The molecule has 4 aliphatic heterocycles. The number of fused-ring (bicyclic) bond motifs is 3. The highest BCUT2D eigenvalue weighted by atomic mass is 32.2. The van der Waals surface area contributed by atoms with Gasteiger partial charge in [0.05, 0.1) is 18.3 Å². The van der Waals surface area contributed by atoms with Gasteiger partial charge in [-0.15, -0.1) is 0 Å². The first-order valence-corrected chi connectivity index (χ1v) is 20.0. The van der Waals surface area contributed by atoms with E-state index in [1.165, 1.54) is 4.90 Å². The Bertz CT molecular complexity index is 1670.